The molecule has 0 unspecified atom stereocenters. The van der Waals surface area contributed by atoms with Crippen LogP contribution in [0.25, 0.3) is 10.4 Å². The molecule has 0 aliphatic rings. The van der Waals surface area contributed by atoms with Gasteiger partial charge in [-0.3, -0.25) is 0 Å². The van der Waals surface area contributed by atoms with Crippen LogP contribution >= 0.6 is 0 Å². The van der Waals surface area contributed by atoms with E-state index in [9.17, 15) is 4.79 Å². The number of hydrogen-bond acceptors (Lipinski definition) is 3. The molecule has 0 fully saturated rings. The van der Waals surface area contributed by atoms with Gasteiger partial charge in [0.05, 0.1) is 6.10 Å². The van der Waals surface area contributed by atoms with E-state index in [1.165, 1.54) is 0 Å². The summed E-state index contributed by atoms with van der Waals surface area (Å²) < 4.78 is 4.85. The van der Waals surface area contributed by atoms with Crippen LogP contribution in [-0.2, 0) is 4.74 Å². The number of nitrogens with zero attached hydrogens (tertiary/aromatic N) is 3. The van der Waals surface area contributed by atoms with Gasteiger partial charge in [-0.05, 0) is 32.2 Å². The first-order valence-corrected chi connectivity index (χ1v) is 4.62. The van der Waals surface area contributed by atoms with Crippen LogP contribution in [0.3, 0.4) is 0 Å². The largest absolute Gasteiger partial charge is 0.447 e. The summed E-state index contributed by atoms with van der Waals surface area (Å²) >= 11 is 0. The number of rotatable bonds is 6. The number of nitrogens with one attached hydrogen (secondary N) is 1. The standard InChI is InChI=1S/C8H16N4O2/c1-7(2)14-8(13)10-5-3-4-6-11-12-9/h7H,3-6H2,1-2H3,(H,10,13). The van der Waals surface area contributed by atoms with E-state index in [4.69, 9.17) is 10.3 Å². The van der Waals surface area contributed by atoms with Crippen molar-refractivity contribution in [3.8, 4) is 0 Å². The van der Waals surface area contributed by atoms with Gasteiger partial charge < -0.3 is 10.1 Å². The minimum absolute atomic E-state index is 0.0989. The Morgan fingerprint density at radius 3 is 2.86 bits per heavy atom. The Labute approximate surface area is 83.3 Å². The molecular weight excluding hydrogens is 184 g/mol. The molecule has 0 heterocycles. The van der Waals surface area contributed by atoms with Crippen molar-refractivity contribution >= 4 is 6.09 Å². The highest BCUT2D eigenvalue weighted by molar-refractivity contribution is 5.67. The molecule has 1 N–H and O–H groups in total. The smallest absolute Gasteiger partial charge is 0.407 e. The maximum absolute atomic E-state index is 10.9. The van der Waals surface area contributed by atoms with E-state index < -0.39 is 6.09 Å². The Bertz CT molecular complexity index is 211. The first kappa shape index (κ1) is 12.6. The minimum atomic E-state index is -0.399. The first-order chi connectivity index (χ1) is 6.66. The summed E-state index contributed by atoms with van der Waals surface area (Å²) in [5, 5.41) is 5.97. The number of carbonyl (C=O) groups excluding carboxylic acids is 1. The van der Waals surface area contributed by atoms with Gasteiger partial charge in [0.15, 0.2) is 0 Å². The lowest BCUT2D eigenvalue weighted by atomic mass is 10.3. The van der Waals surface area contributed by atoms with E-state index in [1.54, 1.807) is 13.8 Å². The third kappa shape index (κ3) is 8.67. The van der Waals surface area contributed by atoms with Gasteiger partial charge in [0.25, 0.3) is 0 Å². The predicted molar refractivity (Wildman–Crippen MR) is 52.9 cm³/mol. The average Bonchev–Trinajstić information content (AvgIpc) is 2.10. The molecule has 0 radical (unpaired) electrons. The lowest BCUT2D eigenvalue weighted by Gasteiger charge is -2.08. The second-order valence-corrected chi connectivity index (χ2v) is 3.04. The second-order valence-electron chi connectivity index (χ2n) is 3.04. The Kier molecular flexibility index (Phi) is 7.36. The highest BCUT2D eigenvalue weighted by Crippen LogP contribution is 1.91. The highest BCUT2D eigenvalue weighted by Gasteiger charge is 2.02. The fourth-order valence-corrected chi connectivity index (χ4v) is 0.798. The number of unbranched alkanes of at least 4 members (excludes halogenated alkanes) is 1. The summed E-state index contributed by atoms with van der Waals surface area (Å²) in [6.45, 7) is 4.60. The molecule has 0 bridgehead atoms. The molecule has 0 atom stereocenters. The molecule has 0 aliphatic carbocycles. The van der Waals surface area contributed by atoms with Gasteiger partial charge in [-0.2, -0.15) is 0 Å². The van der Waals surface area contributed by atoms with Gasteiger partial charge in [-0.1, -0.05) is 5.11 Å². The van der Waals surface area contributed by atoms with Crippen molar-refractivity contribution in [1.82, 2.24) is 5.32 Å². The van der Waals surface area contributed by atoms with Gasteiger partial charge in [-0.15, -0.1) is 0 Å². The molecule has 80 valence electrons. The number of carbonyl (C=O) groups is 1. The summed E-state index contributed by atoms with van der Waals surface area (Å²) in [6, 6.07) is 0. The van der Waals surface area contributed by atoms with Crippen LogP contribution in [0, 0.1) is 0 Å². The molecule has 0 saturated heterocycles. The Hall–Kier alpha value is -1.42. The van der Waals surface area contributed by atoms with Crippen LogP contribution < -0.4 is 5.32 Å². The number of amides is 1. The van der Waals surface area contributed by atoms with Crippen molar-refractivity contribution in [3.05, 3.63) is 10.4 Å². The number of azide groups is 1. The zero-order valence-electron chi connectivity index (χ0n) is 8.56. The highest BCUT2D eigenvalue weighted by atomic mass is 16.6. The molecule has 0 aromatic carbocycles. The molecule has 0 aromatic rings. The molecule has 1 amide bonds. The van der Waals surface area contributed by atoms with Crippen LogP contribution in [0.2, 0.25) is 0 Å². The van der Waals surface area contributed by atoms with Gasteiger partial charge in [0.1, 0.15) is 0 Å². The summed E-state index contributed by atoms with van der Waals surface area (Å²) in [7, 11) is 0. The number of alkyl carbamates (subject to hydrolysis) is 1. The minimum Gasteiger partial charge on any atom is -0.447 e. The van der Waals surface area contributed by atoms with E-state index in [0.29, 0.717) is 13.1 Å². The fraction of sp³-hybridized carbons (Fsp3) is 0.875. The predicted octanol–water partition coefficient (Wildman–Crippen LogP) is 2.21. The lowest BCUT2D eigenvalue weighted by molar-refractivity contribution is 0.115. The second kappa shape index (κ2) is 8.19. The molecule has 14 heavy (non-hydrogen) atoms. The third-order valence-electron chi connectivity index (χ3n) is 1.36. The molecule has 6 nitrogen and oxygen atoms in total. The molecule has 0 aliphatic heterocycles. The van der Waals surface area contributed by atoms with Crippen LogP contribution in [0.1, 0.15) is 26.7 Å². The first-order valence-electron chi connectivity index (χ1n) is 4.62. The summed E-state index contributed by atoms with van der Waals surface area (Å²) in [4.78, 5) is 13.5. The van der Waals surface area contributed by atoms with Gasteiger partial charge in [-0.25, -0.2) is 4.79 Å². The quantitative estimate of drug-likeness (QED) is 0.308. The normalized spacial score (nSPS) is 9.36. The Morgan fingerprint density at radius 1 is 1.57 bits per heavy atom. The van der Waals surface area contributed by atoms with E-state index >= 15 is 0 Å². The number of hydrogen-bond donors (Lipinski definition) is 1. The molecule has 0 aromatic heterocycles. The number of ether oxygens (including phenoxy) is 1. The molecule has 0 rings (SSSR count). The van der Waals surface area contributed by atoms with Crippen LogP contribution in [-0.4, -0.2) is 25.3 Å². The molecular formula is C8H16N4O2. The van der Waals surface area contributed by atoms with Crippen LogP contribution in [0.15, 0.2) is 5.11 Å². The summed E-state index contributed by atoms with van der Waals surface area (Å²) in [6.07, 6.45) is 1.06. The van der Waals surface area contributed by atoms with Crippen molar-refractivity contribution in [2.75, 3.05) is 13.1 Å². The van der Waals surface area contributed by atoms with Gasteiger partial charge in [0, 0.05) is 18.0 Å². The van der Waals surface area contributed by atoms with Gasteiger partial charge >= 0.3 is 6.09 Å². The monoisotopic (exact) mass is 200 g/mol. The van der Waals surface area contributed by atoms with Crippen LogP contribution in [0.4, 0.5) is 4.79 Å². The van der Waals surface area contributed by atoms with Crippen molar-refractivity contribution in [3.63, 3.8) is 0 Å². The lowest BCUT2D eigenvalue weighted by Crippen LogP contribution is -2.27. The summed E-state index contributed by atoms with van der Waals surface area (Å²) in [5.41, 5.74) is 7.98. The van der Waals surface area contributed by atoms with E-state index in [-0.39, 0.29) is 6.10 Å². The Morgan fingerprint density at radius 2 is 2.29 bits per heavy atom. The van der Waals surface area contributed by atoms with E-state index in [2.05, 4.69) is 15.3 Å². The van der Waals surface area contributed by atoms with E-state index in [1.807, 2.05) is 0 Å². The maximum atomic E-state index is 10.9. The SMILES string of the molecule is CC(C)OC(=O)NCCCCN=[N+]=[N-]. The van der Waals surface area contributed by atoms with E-state index in [0.717, 1.165) is 12.8 Å². The zero-order chi connectivity index (χ0) is 10.8. The van der Waals surface area contributed by atoms with Crippen molar-refractivity contribution < 1.29 is 9.53 Å². The topological polar surface area (TPSA) is 87.1 Å². The molecule has 6 heteroatoms. The van der Waals surface area contributed by atoms with Crippen molar-refractivity contribution in [2.24, 2.45) is 5.11 Å². The van der Waals surface area contributed by atoms with Crippen molar-refractivity contribution in [2.45, 2.75) is 32.8 Å². The van der Waals surface area contributed by atoms with Gasteiger partial charge in [0.2, 0.25) is 0 Å². The summed E-state index contributed by atoms with van der Waals surface area (Å²) in [5.74, 6) is 0. The molecule has 0 saturated carbocycles. The zero-order valence-corrected chi connectivity index (χ0v) is 8.56. The Balaban J connectivity index is 3.27. The van der Waals surface area contributed by atoms with Crippen molar-refractivity contribution in [1.29, 1.82) is 0 Å². The van der Waals surface area contributed by atoms with Crippen LogP contribution in [0.5, 0.6) is 0 Å². The third-order valence-corrected chi connectivity index (χ3v) is 1.36. The maximum Gasteiger partial charge on any atom is 0.407 e. The molecule has 0 spiro atoms. The fourth-order valence-electron chi connectivity index (χ4n) is 0.798. The average molecular weight is 200 g/mol.